The molecule has 1 aliphatic rings. The number of rotatable bonds is 3. The summed E-state index contributed by atoms with van der Waals surface area (Å²) < 4.78 is 30.0. The number of pyridine rings is 1. The summed E-state index contributed by atoms with van der Waals surface area (Å²) in [6.45, 7) is 7.72. The fraction of sp³-hybridized carbons (Fsp3) is 0.526. The van der Waals surface area contributed by atoms with Crippen LogP contribution in [0.25, 0.3) is 11.2 Å². The number of fused-ring (bicyclic) bond motifs is 1. The van der Waals surface area contributed by atoms with Crippen molar-refractivity contribution in [2.75, 3.05) is 18.0 Å². The molecule has 1 fully saturated rings. The van der Waals surface area contributed by atoms with Crippen molar-refractivity contribution in [2.45, 2.75) is 52.0 Å². The van der Waals surface area contributed by atoms with Gasteiger partial charge in [-0.25, -0.2) is 23.4 Å². The predicted molar refractivity (Wildman–Crippen MR) is 103 cm³/mol. The Morgan fingerprint density at radius 3 is 2.69 bits per heavy atom. The van der Waals surface area contributed by atoms with Gasteiger partial charge in [-0.1, -0.05) is 26.0 Å². The fourth-order valence-corrected chi connectivity index (χ4v) is 3.36. The van der Waals surface area contributed by atoms with E-state index in [0.29, 0.717) is 35.0 Å². The summed E-state index contributed by atoms with van der Waals surface area (Å²) in [6, 6.07) is 3.51. The van der Waals surface area contributed by atoms with Crippen LogP contribution in [0.3, 0.4) is 0 Å². The van der Waals surface area contributed by atoms with Crippen LogP contribution in [0.5, 0.6) is 0 Å². The number of hydrogen-bond donors (Lipinski definition) is 0. The molecule has 29 heavy (non-hydrogen) atoms. The minimum Gasteiger partial charge on any atom is -0.619 e. The van der Waals surface area contributed by atoms with Crippen molar-refractivity contribution in [3.63, 3.8) is 0 Å². The van der Waals surface area contributed by atoms with Gasteiger partial charge in [0.25, 0.3) is 5.92 Å². The third-order valence-electron chi connectivity index (χ3n) is 5.12. The van der Waals surface area contributed by atoms with Gasteiger partial charge in [0.1, 0.15) is 5.82 Å². The summed E-state index contributed by atoms with van der Waals surface area (Å²) in [6.07, 6.45) is 1.22. The second kappa shape index (κ2) is 6.57. The summed E-state index contributed by atoms with van der Waals surface area (Å²) in [4.78, 5) is 10.8. The molecule has 10 heteroatoms. The lowest BCUT2D eigenvalue weighted by Crippen LogP contribution is -2.31. The Hall–Kier alpha value is -2.91. The largest absolute Gasteiger partial charge is 0.619 e. The zero-order valence-corrected chi connectivity index (χ0v) is 16.9. The fourth-order valence-electron chi connectivity index (χ4n) is 3.36. The van der Waals surface area contributed by atoms with Crippen LogP contribution in [-0.4, -0.2) is 44.0 Å². The zero-order valence-electron chi connectivity index (χ0n) is 16.9. The van der Waals surface area contributed by atoms with Crippen LogP contribution >= 0.6 is 0 Å². The average Bonchev–Trinajstić information content (AvgIpc) is 3.20. The SMILES string of the molecule is Cc1c(Cn2nnc3c(N4CCC(F)(F)C4)nc(C(C)(C)C)nc32)ccc[n+]1[O-]. The first-order valence-corrected chi connectivity index (χ1v) is 9.47. The van der Waals surface area contributed by atoms with Crippen LogP contribution in [0, 0.1) is 12.1 Å². The van der Waals surface area contributed by atoms with Gasteiger partial charge in [0.05, 0.1) is 13.1 Å². The molecule has 4 heterocycles. The molecule has 3 aromatic rings. The molecule has 0 N–H and O–H groups in total. The first kappa shape index (κ1) is 19.4. The number of nitrogens with zero attached hydrogens (tertiary/aromatic N) is 7. The summed E-state index contributed by atoms with van der Waals surface area (Å²) in [5, 5.41) is 20.3. The van der Waals surface area contributed by atoms with E-state index in [0.717, 1.165) is 10.3 Å². The Morgan fingerprint density at radius 2 is 2.03 bits per heavy atom. The molecule has 1 aliphatic heterocycles. The van der Waals surface area contributed by atoms with Gasteiger partial charge in [-0.2, -0.15) is 4.73 Å². The van der Waals surface area contributed by atoms with Crippen molar-refractivity contribution in [1.29, 1.82) is 0 Å². The number of hydrogen-bond acceptors (Lipinski definition) is 6. The van der Waals surface area contributed by atoms with Crippen molar-refractivity contribution in [2.24, 2.45) is 0 Å². The van der Waals surface area contributed by atoms with Gasteiger partial charge in [0, 0.05) is 36.9 Å². The first-order chi connectivity index (χ1) is 13.5. The molecule has 0 unspecified atom stereocenters. The van der Waals surface area contributed by atoms with E-state index in [2.05, 4.69) is 20.3 Å². The molecule has 0 aliphatic carbocycles. The van der Waals surface area contributed by atoms with Crippen LogP contribution in [-0.2, 0) is 12.0 Å². The Balaban J connectivity index is 1.84. The predicted octanol–water partition coefficient (Wildman–Crippen LogP) is 2.35. The molecule has 0 aromatic carbocycles. The Kier molecular flexibility index (Phi) is 4.39. The molecule has 0 radical (unpaired) electrons. The molecule has 0 bridgehead atoms. The van der Waals surface area contributed by atoms with Crippen molar-refractivity contribution in [3.05, 3.63) is 40.6 Å². The van der Waals surface area contributed by atoms with Crippen LogP contribution in [0.15, 0.2) is 18.3 Å². The third-order valence-corrected chi connectivity index (χ3v) is 5.12. The minimum absolute atomic E-state index is 0.198. The number of halogens is 2. The monoisotopic (exact) mass is 403 g/mol. The van der Waals surface area contributed by atoms with Gasteiger partial charge in [-0.05, 0) is 6.07 Å². The van der Waals surface area contributed by atoms with E-state index in [9.17, 15) is 14.0 Å². The Bertz CT molecular complexity index is 1070. The number of alkyl halides is 2. The summed E-state index contributed by atoms with van der Waals surface area (Å²) in [5.74, 6) is -1.84. The maximum Gasteiger partial charge on any atom is 0.266 e. The molecule has 1 saturated heterocycles. The summed E-state index contributed by atoms with van der Waals surface area (Å²) >= 11 is 0. The molecule has 0 amide bonds. The van der Waals surface area contributed by atoms with E-state index in [-0.39, 0.29) is 18.4 Å². The maximum absolute atomic E-state index is 13.8. The summed E-state index contributed by atoms with van der Waals surface area (Å²) in [7, 11) is 0. The Morgan fingerprint density at radius 1 is 1.28 bits per heavy atom. The molecule has 154 valence electrons. The normalized spacial score (nSPS) is 16.7. The lowest BCUT2D eigenvalue weighted by molar-refractivity contribution is -0.612. The first-order valence-electron chi connectivity index (χ1n) is 9.47. The van der Waals surface area contributed by atoms with Crippen molar-refractivity contribution < 1.29 is 13.5 Å². The molecule has 3 aromatic heterocycles. The highest BCUT2D eigenvalue weighted by molar-refractivity contribution is 5.83. The Labute approximate surface area is 166 Å². The molecule has 0 atom stereocenters. The highest BCUT2D eigenvalue weighted by atomic mass is 19.3. The second-order valence-corrected chi connectivity index (χ2v) is 8.51. The number of anilines is 1. The third kappa shape index (κ3) is 3.58. The topological polar surface area (TPSA) is 86.7 Å². The van der Waals surface area contributed by atoms with Crippen LogP contribution in [0.2, 0.25) is 0 Å². The maximum atomic E-state index is 13.8. The van der Waals surface area contributed by atoms with E-state index in [4.69, 9.17) is 0 Å². The van der Waals surface area contributed by atoms with Crippen LogP contribution in [0.1, 0.15) is 44.3 Å². The molecular weight excluding hydrogens is 380 g/mol. The van der Waals surface area contributed by atoms with Crippen LogP contribution in [0.4, 0.5) is 14.6 Å². The zero-order chi connectivity index (χ0) is 21.0. The standard InChI is InChI=1S/C19H23F2N7O/c1-12-13(6-5-8-28(12)29)10-27-16-14(24-25-27)15(22-17(23-16)18(2,3)4)26-9-7-19(20,21)11-26/h5-6,8H,7,9-11H2,1-4H3. The van der Waals surface area contributed by atoms with Crippen molar-refractivity contribution in [1.82, 2.24) is 25.0 Å². The van der Waals surface area contributed by atoms with Gasteiger partial charge in [0.15, 0.2) is 28.9 Å². The molecule has 4 rings (SSSR count). The van der Waals surface area contributed by atoms with Gasteiger partial charge in [0.2, 0.25) is 0 Å². The van der Waals surface area contributed by atoms with Gasteiger partial charge in [-0.15, -0.1) is 5.10 Å². The van der Waals surface area contributed by atoms with E-state index in [1.54, 1.807) is 22.6 Å². The highest BCUT2D eigenvalue weighted by Crippen LogP contribution is 2.34. The van der Waals surface area contributed by atoms with Crippen molar-refractivity contribution in [3.8, 4) is 0 Å². The molecule has 8 nitrogen and oxygen atoms in total. The van der Waals surface area contributed by atoms with Gasteiger partial charge in [-0.3, -0.25) is 0 Å². The number of aromatic nitrogens is 6. The quantitative estimate of drug-likeness (QED) is 0.493. The van der Waals surface area contributed by atoms with E-state index < -0.39 is 12.5 Å². The van der Waals surface area contributed by atoms with E-state index in [1.165, 1.54) is 6.20 Å². The van der Waals surface area contributed by atoms with Crippen molar-refractivity contribution >= 4 is 17.0 Å². The smallest absolute Gasteiger partial charge is 0.266 e. The lowest BCUT2D eigenvalue weighted by atomic mass is 9.96. The van der Waals surface area contributed by atoms with Gasteiger partial charge >= 0.3 is 0 Å². The molecule has 0 saturated carbocycles. The average molecular weight is 403 g/mol. The van der Waals surface area contributed by atoms with Crippen LogP contribution < -0.4 is 9.63 Å². The molecule has 0 spiro atoms. The van der Waals surface area contributed by atoms with Gasteiger partial charge < -0.3 is 10.1 Å². The minimum atomic E-state index is -2.75. The highest BCUT2D eigenvalue weighted by Gasteiger charge is 2.40. The van der Waals surface area contributed by atoms with E-state index in [1.807, 2.05) is 26.8 Å². The lowest BCUT2D eigenvalue weighted by Gasteiger charge is -2.22. The molecular formula is C19H23F2N7O. The second-order valence-electron chi connectivity index (χ2n) is 8.51. The summed E-state index contributed by atoms with van der Waals surface area (Å²) in [5.41, 5.74) is 1.80. The van der Waals surface area contributed by atoms with E-state index >= 15 is 0 Å².